The molecule has 0 radical (unpaired) electrons. The molecule has 88 valence electrons. The van der Waals surface area contributed by atoms with E-state index in [0.29, 0.717) is 24.8 Å². The maximum absolute atomic E-state index is 11.7. The lowest BCUT2D eigenvalue weighted by atomic mass is 10.1. The molecule has 0 fully saturated rings. The maximum Gasteiger partial charge on any atom is 0.253 e. The number of carbonyl (C=O) groups is 1. The van der Waals surface area contributed by atoms with Crippen LogP contribution < -0.4 is 5.56 Å². The molecular weight excluding hydrogens is 254 g/mol. The topological polar surface area (TPSA) is 49.9 Å². The lowest BCUT2D eigenvalue weighted by molar-refractivity contribution is -0.118. The number of carbonyl (C=O) groups excluding carboxylic acids is 1. The summed E-state index contributed by atoms with van der Waals surface area (Å²) in [5, 5.41) is 1.90. The van der Waals surface area contributed by atoms with Crippen LogP contribution in [0.2, 0.25) is 0 Å². The van der Waals surface area contributed by atoms with E-state index in [4.69, 9.17) is 6.42 Å². The van der Waals surface area contributed by atoms with Crippen molar-refractivity contribution in [2.45, 2.75) is 25.7 Å². The monoisotopic (exact) mass is 265 g/mol. The van der Waals surface area contributed by atoms with Crippen LogP contribution in [0.15, 0.2) is 10.2 Å². The van der Waals surface area contributed by atoms with Crippen LogP contribution in [0.25, 0.3) is 10.6 Å². The molecule has 0 spiro atoms. The highest BCUT2D eigenvalue weighted by atomic mass is 32.9. The van der Waals surface area contributed by atoms with E-state index >= 15 is 0 Å². The molecule has 2 aliphatic heterocycles. The third-order valence-corrected chi connectivity index (χ3v) is 4.63. The average molecular weight is 265 g/mol. The highest BCUT2D eigenvalue weighted by Gasteiger charge is 2.18. The summed E-state index contributed by atoms with van der Waals surface area (Å²) in [5.41, 5.74) is 1.32. The number of nitrogens with one attached hydrogen (secondary N) is 1. The fraction of sp³-hybridized carbons (Fsp3) is 0.333. The second kappa shape index (κ2) is 5.30. The van der Waals surface area contributed by atoms with Gasteiger partial charge in [0.2, 0.25) is 0 Å². The van der Waals surface area contributed by atoms with Gasteiger partial charge in [-0.1, -0.05) is 20.7 Å². The van der Waals surface area contributed by atoms with Crippen molar-refractivity contribution in [1.82, 2.24) is 4.98 Å². The summed E-state index contributed by atoms with van der Waals surface area (Å²) in [7, 11) is 3.10. The Morgan fingerprint density at radius 2 is 2.35 bits per heavy atom. The molecule has 3 nitrogen and oxygen atoms in total. The minimum absolute atomic E-state index is 0.0802. The highest BCUT2D eigenvalue weighted by Crippen LogP contribution is 2.32. The second-order valence-corrected chi connectivity index (χ2v) is 5.83. The SMILES string of the molecule is C#CCCCC(=O)Cc1c2sscc-2[nH]c1=O. The Labute approximate surface area is 106 Å². The van der Waals surface area contributed by atoms with Gasteiger partial charge in [-0.2, -0.15) is 0 Å². The van der Waals surface area contributed by atoms with Crippen molar-refractivity contribution >= 4 is 26.5 Å². The zero-order chi connectivity index (χ0) is 12.3. The molecule has 0 unspecified atom stereocenters. The van der Waals surface area contributed by atoms with Gasteiger partial charge < -0.3 is 4.98 Å². The first kappa shape index (κ1) is 12.1. The quantitative estimate of drug-likeness (QED) is 0.513. The molecule has 5 heteroatoms. The fourth-order valence-corrected chi connectivity index (χ4v) is 3.90. The van der Waals surface area contributed by atoms with Crippen LogP contribution in [0.1, 0.15) is 24.8 Å². The predicted octanol–water partition coefficient (Wildman–Crippen LogP) is 2.52. The molecule has 0 saturated carbocycles. The Balaban J connectivity index is 2.06. The molecule has 17 heavy (non-hydrogen) atoms. The molecule has 0 amide bonds. The minimum atomic E-state index is -0.135. The average Bonchev–Trinajstić information content (AvgIpc) is 2.83. The third-order valence-electron chi connectivity index (χ3n) is 2.49. The number of unbranched alkanes of at least 4 members (excludes halogenated alkanes) is 1. The number of aromatic nitrogens is 1. The van der Waals surface area contributed by atoms with Gasteiger partial charge in [-0.05, 0) is 6.42 Å². The Hall–Kier alpha value is -1.38. The summed E-state index contributed by atoms with van der Waals surface area (Å²) in [5.74, 6) is 2.58. The number of aromatic amines is 1. The van der Waals surface area contributed by atoms with Gasteiger partial charge >= 0.3 is 0 Å². The summed E-state index contributed by atoms with van der Waals surface area (Å²) in [6.07, 6.45) is 7.10. The van der Waals surface area contributed by atoms with Gasteiger partial charge in [0, 0.05) is 30.2 Å². The van der Waals surface area contributed by atoms with Crippen LogP contribution in [-0.4, -0.2) is 10.8 Å². The number of terminal acetylenes is 1. The van der Waals surface area contributed by atoms with Crippen LogP contribution >= 0.6 is 20.7 Å². The first-order valence-electron chi connectivity index (χ1n) is 5.26. The second-order valence-electron chi connectivity index (χ2n) is 3.75. The Kier molecular flexibility index (Phi) is 3.77. The van der Waals surface area contributed by atoms with Crippen molar-refractivity contribution in [3.05, 3.63) is 21.3 Å². The Morgan fingerprint density at radius 3 is 3.12 bits per heavy atom. The van der Waals surface area contributed by atoms with E-state index in [0.717, 1.165) is 10.6 Å². The van der Waals surface area contributed by atoms with E-state index in [2.05, 4.69) is 10.9 Å². The first-order valence-corrected chi connectivity index (χ1v) is 7.47. The first-order chi connectivity index (χ1) is 8.22. The van der Waals surface area contributed by atoms with Crippen molar-refractivity contribution in [3.63, 3.8) is 0 Å². The highest BCUT2D eigenvalue weighted by molar-refractivity contribution is 7.70. The maximum atomic E-state index is 11.7. The van der Waals surface area contributed by atoms with Crippen LogP contribution in [0, 0.1) is 12.3 Å². The lowest BCUT2D eigenvalue weighted by Gasteiger charge is -1.97. The zero-order valence-electron chi connectivity index (χ0n) is 9.12. The molecule has 0 aromatic heterocycles. The molecule has 2 rings (SSSR count). The fourth-order valence-electron chi connectivity index (χ4n) is 1.65. The largest absolute Gasteiger partial charge is 0.320 e. The number of Topliss-reactive ketones (excluding diaryl/α,β-unsaturated/α-hetero) is 1. The van der Waals surface area contributed by atoms with Gasteiger partial charge in [-0.25, -0.2) is 0 Å². The van der Waals surface area contributed by atoms with Crippen molar-refractivity contribution in [2.75, 3.05) is 0 Å². The number of hydrogen-bond acceptors (Lipinski definition) is 4. The van der Waals surface area contributed by atoms with Crippen molar-refractivity contribution in [3.8, 4) is 22.9 Å². The van der Waals surface area contributed by atoms with Gasteiger partial charge in [0.05, 0.1) is 10.6 Å². The number of fused-ring (bicyclic) bond motifs is 1. The molecule has 1 N–H and O–H groups in total. The summed E-state index contributed by atoms with van der Waals surface area (Å²) in [6.45, 7) is 0. The van der Waals surface area contributed by atoms with E-state index in [1.54, 1.807) is 10.3 Å². The third kappa shape index (κ3) is 2.65. The lowest BCUT2D eigenvalue weighted by Crippen LogP contribution is -2.11. The number of hydrogen-bond donors (Lipinski definition) is 1. The van der Waals surface area contributed by atoms with Gasteiger partial charge in [0.25, 0.3) is 5.56 Å². The van der Waals surface area contributed by atoms with E-state index in [-0.39, 0.29) is 17.8 Å². The summed E-state index contributed by atoms with van der Waals surface area (Å²) < 4.78 is 0. The molecule has 0 saturated heterocycles. The van der Waals surface area contributed by atoms with E-state index in [1.165, 1.54) is 10.3 Å². The van der Waals surface area contributed by atoms with Crippen molar-refractivity contribution < 1.29 is 4.79 Å². The normalized spacial score (nSPS) is 10.5. The van der Waals surface area contributed by atoms with Crippen molar-refractivity contribution in [1.29, 1.82) is 0 Å². The molecular formula is C12H11NO2S2. The van der Waals surface area contributed by atoms with E-state index < -0.39 is 0 Å². The zero-order valence-corrected chi connectivity index (χ0v) is 10.7. The Bertz CT molecular complexity index is 585. The smallest absolute Gasteiger partial charge is 0.253 e. The number of rotatable bonds is 5. The summed E-state index contributed by atoms with van der Waals surface area (Å²) in [6, 6.07) is 0. The summed E-state index contributed by atoms with van der Waals surface area (Å²) >= 11 is 0. The molecule has 0 aromatic rings. The van der Waals surface area contributed by atoms with Crippen LogP contribution in [0.3, 0.4) is 0 Å². The molecule has 0 bridgehead atoms. The number of ketones is 1. The minimum Gasteiger partial charge on any atom is -0.320 e. The van der Waals surface area contributed by atoms with Crippen molar-refractivity contribution in [2.24, 2.45) is 0 Å². The predicted molar refractivity (Wildman–Crippen MR) is 70.8 cm³/mol. The van der Waals surface area contributed by atoms with Crippen LogP contribution in [-0.2, 0) is 11.2 Å². The number of H-pyrrole nitrogens is 1. The Morgan fingerprint density at radius 1 is 1.53 bits per heavy atom. The standard InChI is InChI=1S/C12H11NO2S2/c1-2-3-4-5-8(14)6-9-11-10(7-16-17-11)13-12(9)15/h1,7H,3-6H2,(H,13,15). The van der Waals surface area contributed by atoms with E-state index in [9.17, 15) is 9.59 Å². The van der Waals surface area contributed by atoms with Gasteiger partial charge in [-0.15, -0.1) is 12.3 Å². The summed E-state index contributed by atoms with van der Waals surface area (Å²) in [4.78, 5) is 27.0. The molecule has 2 heterocycles. The molecule has 0 atom stereocenters. The molecule has 2 aliphatic rings. The van der Waals surface area contributed by atoms with Crippen LogP contribution in [0.4, 0.5) is 0 Å². The van der Waals surface area contributed by atoms with Gasteiger partial charge in [0.15, 0.2) is 0 Å². The van der Waals surface area contributed by atoms with Gasteiger partial charge in [0.1, 0.15) is 5.78 Å². The van der Waals surface area contributed by atoms with Crippen LogP contribution in [0.5, 0.6) is 0 Å². The molecule has 0 aromatic carbocycles. The van der Waals surface area contributed by atoms with E-state index in [1.807, 2.05) is 5.38 Å². The van der Waals surface area contributed by atoms with Gasteiger partial charge in [-0.3, -0.25) is 9.59 Å². The molecule has 0 aliphatic carbocycles.